The maximum atomic E-state index is 11.0. The van der Waals surface area contributed by atoms with Crippen LogP contribution in [-0.4, -0.2) is 17.9 Å². The Labute approximate surface area is 101 Å². The Morgan fingerprint density at radius 2 is 1.82 bits per heavy atom. The predicted octanol–water partition coefficient (Wildman–Crippen LogP) is 2.80. The zero-order valence-electron chi connectivity index (χ0n) is 10.6. The fourth-order valence-corrected chi connectivity index (χ4v) is 1.41. The number of carbonyl (C=O) groups is 1. The molecule has 0 aliphatic carbocycles. The van der Waals surface area contributed by atoms with E-state index in [2.05, 4.69) is 0 Å². The zero-order valence-corrected chi connectivity index (χ0v) is 10.6. The van der Waals surface area contributed by atoms with Crippen molar-refractivity contribution in [3.8, 4) is 11.5 Å². The van der Waals surface area contributed by atoms with E-state index in [1.807, 2.05) is 13.8 Å². The number of hydrogen-bond acceptors (Lipinski definition) is 3. The highest BCUT2D eigenvalue weighted by Gasteiger charge is 2.30. The third-order valence-corrected chi connectivity index (χ3v) is 2.63. The molecule has 0 spiro atoms. The normalized spacial score (nSPS) is 12.7. The van der Waals surface area contributed by atoms with Crippen LogP contribution in [0.2, 0.25) is 0 Å². The van der Waals surface area contributed by atoms with Crippen LogP contribution in [0.3, 0.4) is 0 Å². The van der Waals surface area contributed by atoms with Gasteiger partial charge < -0.3 is 14.6 Å². The molecule has 0 atom stereocenters. The molecule has 4 nitrogen and oxygen atoms in total. The second-order valence-electron chi connectivity index (χ2n) is 4.00. The lowest BCUT2D eigenvalue weighted by Gasteiger charge is -2.19. The molecule has 4 heteroatoms. The Balaban J connectivity index is 0.000000686. The third-order valence-electron chi connectivity index (χ3n) is 2.63. The van der Waals surface area contributed by atoms with Crippen LogP contribution in [0.5, 0.6) is 11.5 Å². The lowest BCUT2D eigenvalue weighted by molar-refractivity contribution is -0.142. The van der Waals surface area contributed by atoms with Crippen LogP contribution in [0.25, 0.3) is 0 Å². The van der Waals surface area contributed by atoms with Gasteiger partial charge in [0, 0.05) is 0 Å². The van der Waals surface area contributed by atoms with Crippen molar-refractivity contribution in [1.29, 1.82) is 0 Å². The van der Waals surface area contributed by atoms with E-state index in [0.29, 0.717) is 17.1 Å². The molecule has 1 heterocycles. The van der Waals surface area contributed by atoms with Crippen LogP contribution in [0.15, 0.2) is 18.2 Å². The second kappa shape index (κ2) is 5.08. The summed E-state index contributed by atoms with van der Waals surface area (Å²) in [6.45, 7) is 7.52. The number of ether oxygens (including phenoxy) is 2. The molecular weight excluding hydrogens is 220 g/mol. The lowest BCUT2D eigenvalue weighted by atomic mass is 9.85. The third kappa shape index (κ3) is 2.52. The number of carboxylic acids is 1. The maximum Gasteiger partial charge on any atom is 0.313 e. The highest BCUT2D eigenvalue weighted by Crippen LogP contribution is 2.36. The second-order valence-corrected chi connectivity index (χ2v) is 4.00. The fraction of sp³-hybridized carbons (Fsp3) is 0.462. The molecule has 1 aromatic carbocycles. The van der Waals surface area contributed by atoms with E-state index in [1.165, 1.54) is 0 Å². The van der Waals surface area contributed by atoms with Crippen LogP contribution < -0.4 is 9.47 Å². The minimum Gasteiger partial charge on any atom is -0.481 e. The van der Waals surface area contributed by atoms with Crippen molar-refractivity contribution >= 4 is 5.97 Å². The van der Waals surface area contributed by atoms with Gasteiger partial charge in [0.25, 0.3) is 0 Å². The van der Waals surface area contributed by atoms with Gasteiger partial charge in [-0.05, 0) is 31.5 Å². The Morgan fingerprint density at radius 3 is 2.41 bits per heavy atom. The molecule has 0 fully saturated rings. The van der Waals surface area contributed by atoms with Crippen molar-refractivity contribution in [2.45, 2.75) is 33.1 Å². The summed E-state index contributed by atoms with van der Waals surface area (Å²) in [5.74, 6) is 0.420. The molecule has 0 bridgehead atoms. The highest BCUT2D eigenvalue weighted by molar-refractivity contribution is 5.80. The first kappa shape index (κ1) is 13.4. The van der Waals surface area contributed by atoms with Gasteiger partial charge in [0.15, 0.2) is 11.5 Å². The molecule has 0 saturated carbocycles. The van der Waals surface area contributed by atoms with E-state index < -0.39 is 11.4 Å². The fourth-order valence-electron chi connectivity index (χ4n) is 1.41. The molecule has 2 rings (SSSR count). The first-order valence-corrected chi connectivity index (χ1v) is 5.65. The number of fused-ring (bicyclic) bond motifs is 1. The van der Waals surface area contributed by atoms with Crippen LogP contribution in [-0.2, 0) is 10.2 Å². The molecule has 1 N–H and O–H groups in total. The van der Waals surface area contributed by atoms with E-state index >= 15 is 0 Å². The Morgan fingerprint density at radius 1 is 1.24 bits per heavy atom. The van der Waals surface area contributed by atoms with Crippen molar-refractivity contribution in [2.75, 3.05) is 6.79 Å². The number of aliphatic carboxylic acids is 1. The van der Waals surface area contributed by atoms with Gasteiger partial charge in [0.05, 0.1) is 5.41 Å². The van der Waals surface area contributed by atoms with E-state index in [0.717, 1.165) is 0 Å². The minimum atomic E-state index is -0.916. The van der Waals surface area contributed by atoms with Gasteiger partial charge in [0.2, 0.25) is 6.79 Å². The van der Waals surface area contributed by atoms with E-state index in [9.17, 15) is 4.79 Å². The summed E-state index contributed by atoms with van der Waals surface area (Å²) in [6, 6.07) is 5.21. The first-order chi connectivity index (χ1) is 8.01. The maximum absolute atomic E-state index is 11.0. The summed E-state index contributed by atoms with van der Waals surface area (Å²) in [5, 5.41) is 9.07. The Kier molecular flexibility index (Phi) is 3.99. The predicted molar refractivity (Wildman–Crippen MR) is 64.6 cm³/mol. The first-order valence-electron chi connectivity index (χ1n) is 5.65. The molecule has 17 heavy (non-hydrogen) atoms. The minimum absolute atomic E-state index is 0.201. The summed E-state index contributed by atoms with van der Waals surface area (Å²) >= 11 is 0. The van der Waals surface area contributed by atoms with Crippen molar-refractivity contribution in [1.82, 2.24) is 0 Å². The van der Waals surface area contributed by atoms with Gasteiger partial charge >= 0.3 is 5.97 Å². The molecule has 1 aliphatic rings. The van der Waals surface area contributed by atoms with E-state index in [1.54, 1.807) is 32.0 Å². The van der Waals surface area contributed by atoms with Gasteiger partial charge in [-0.3, -0.25) is 4.79 Å². The van der Waals surface area contributed by atoms with Gasteiger partial charge in [-0.25, -0.2) is 0 Å². The van der Waals surface area contributed by atoms with Gasteiger partial charge in [-0.1, -0.05) is 19.9 Å². The lowest BCUT2D eigenvalue weighted by Crippen LogP contribution is -2.28. The van der Waals surface area contributed by atoms with Crippen LogP contribution in [0.1, 0.15) is 33.3 Å². The molecule has 0 radical (unpaired) electrons. The van der Waals surface area contributed by atoms with Gasteiger partial charge in [-0.2, -0.15) is 0 Å². The average molecular weight is 238 g/mol. The smallest absolute Gasteiger partial charge is 0.313 e. The van der Waals surface area contributed by atoms with Crippen LogP contribution in [0, 0.1) is 0 Å². The summed E-state index contributed by atoms with van der Waals surface area (Å²) in [4.78, 5) is 11.0. The number of carboxylic acid groups (broad SMARTS) is 1. The molecule has 0 saturated heterocycles. The number of rotatable bonds is 2. The van der Waals surface area contributed by atoms with Crippen molar-refractivity contribution in [2.24, 2.45) is 0 Å². The van der Waals surface area contributed by atoms with Crippen LogP contribution in [0.4, 0.5) is 0 Å². The average Bonchev–Trinajstić information content (AvgIpc) is 2.78. The molecule has 0 aromatic heterocycles. The standard InChI is InChI=1S/C11H12O4.C2H6/c1-11(2,10(12)13)7-3-4-8-9(5-7)15-6-14-8;1-2/h3-5H,6H2,1-2H3,(H,12,13);1-2H3. The summed E-state index contributed by atoms with van der Waals surface area (Å²) in [7, 11) is 0. The molecule has 94 valence electrons. The molecule has 0 amide bonds. The molecule has 1 aliphatic heterocycles. The van der Waals surface area contributed by atoms with Crippen molar-refractivity contribution in [3.05, 3.63) is 23.8 Å². The zero-order chi connectivity index (χ0) is 13.1. The summed E-state index contributed by atoms with van der Waals surface area (Å²) in [6.07, 6.45) is 0. The van der Waals surface area contributed by atoms with E-state index in [4.69, 9.17) is 14.6 Å². The Bertz CT molecular complexity index is 410. The van der Waals surface area contributed by atoms with Crippen molar-refractivity contribution in [3.63, 3.8) is 0 Å². The number of hydrogen-bond donors (Lipinski definition) is 1. The Hall–Kier alpha value is -1.71. The quantitative estimate of drug-likeness (QED) is 0.860. The monoisotopic (exact) mass is 238 g/mol. The van der Waals surface area contributed by atoms with E-state index in [-0.39, 0.29) is 6.79 Å². The SMILES string of the molecule is CC.CC(C)(C(=O)O)c1ccc2c(c1)OCO2. The van der Waals surface area contributed by atoms with Crippen LogP contribution >= 0.6 is 0 Å². The van der Waals surface area contributed by atoms with Gasteiger partial charge in [-0.15, -0.1) is 0 Å². The molecular formula is C13H18O4. The largest absolute Gasteiger partial charge is 0.481 e. The summed E-state index contributed by atoms with van der Waals surface area (Å²) in [5.41, 5.74) is -0.208. The summed E-state index contributed by atoms with van der Waals surface area (Å²) < 4.78 is 10.4. The van der Waals surface area contributed by atoms with Gasteiger partial charge in [0.1, 0.15) is 0 Å². The highest BCUT2D eigenvalue weighted by atomic mass is 16.7. The topological polar surface area (TPSA) is 55.8 Å². The van der Waals surface area contributed by atoms with Crippen molar-refractivity contribution < 1.29 is 19.4 Å². The number of benzene rings is 1. The molecule has 1 aromatic rings. The molecule has 0 unspecified atom stereocenters.